The van der Waals surface area contributed by atoms with Gasteiger partial charge in [-0.25, -0.2) is 13.2 Å². The first-order chi connectivity index (χ1) is 24.0. The highest BCUT2D eigenvalue weighted by atomic mass is 32.2. The van der Waals surface area contributed by atoms with Crippen molar-refractivity contribution >= 4 is 45.4 Å². The monoisotopic (exact) mass is 726 g/mol. The Morgan fingerprint density at radius 3 is 2.53 bits per heavy atom. The maximum absolute atomic E-state index is 14.4. The molecule has 5 N–H and O–H groups in total. The standard InChI is InChI=1S/C36H50N6O8S/c1-35(2,3)50-34(47)38-28-10-8-6-4-5-7-9-25-18-36(25,33(46)40-51(48,49)27-13-14-27)39-31(44)29-15-22(19-42(29)32(28)45)16-30(43)41-20-23-11-12-26(37)17-24(23)21-41/h7,9,11-12,17,22,25,27-29H,4-6,8,10,13-16,18-21,37H2,1-3H3,(H,38,47)(H,39,44)(H,40,46)/t22-,25+,28-,29-,36+/m0/s1. The SMILES string of the molecule is CC(C)(C)OC(=O)N[C@H]1CCCCCC=C[C@@H]2C[C@@]2(C(=O)NS(=O)(=O)C2CC2)NC(=O)[C@@H]2C[C@@H](CC(=O)N3Cc4ccc(N)cc4C3)CN2C1=O. The second kappa shape index (κ2) is 14.1. The number of nitrogens with zero attached hydrogens (tertiary/aromatic N) is 2. The highest BCUT2D eigenvalue weighted by Gasteiger charge is 2.62. The second-order valence-electron chi connectivity index (χ2n) is 15.8. The van der Waals surface area contributed by atoms with Crippen molar-refractivity contribution < 1.29 is 37.1 Å². The fourth-order valence-corrected chi connectivity index (χ4v) is 8.82. The van der Waals surface area contributed by atoms with Crippen LogP contribution in [0.4, 0.5) is 10.5 Å². The molecule has 278 valence electrons. The molecule has 15 heteroatoms. The zero-order valence-electron chi connectivity index (χ0n) is 29.6. The van der Waals surface area contributed by atoms with Crippen LogP contribution in [0.5, 0.6) is 0 Å². The lowest BCUT2D eigenvalue weighted by Gasteiger charge is -2.30. The average molecular weight is 727 g/mol. The Kier molecular flexibility index (Phi) is 10.1. The van der Waals surface area contributed by atoms with Crippen LogP contribution in [-0.2, 0) is 47.0 Å². The third kappa shape index (κ3) is 8.50. The fraction of sp³-hybridized carbons (Fsp3) is 0.639. The number of carbonyl (C=O) groups is 5. The summed E-state index contributed by atoms with van der Waals surface area (Å²) in [5, 5.41) is 4.97. The Balaban J connectivity index is 1.25. The van der Waals surface area contributed by atoms with E-state index >= 15 is 0 Å². The van der Waals surface area contributed by atoms with E-state index in [1.54, 1.807) is 31.7 Å². The van der Waals surface area contributed by atoms with Crippen LogP contribution < -0.4 is 21.1 Å². The van der Waals surface area contributed by atoms with Crippen molar-refractivity contribution in [2.24, 2.45) is 11.8 Å². The minimum absolute atomic E-state index is 0.0812. The molecule has 14 nitrogen and oxygen atoms in total. The quantitative estimate of drug-likeness (QED) is 0.252. The largest absolute Gasteiger partial charge is 0.444 e. The summed E-state index contributed by atoms with van der Waals surface area (Å²) in [5.41, 5.74) is 6.28. The smallest absolute Gasteiger partial charge is 0.408 e. The van der Waals surface area contributed by atoms with Gasteiger partial charge in [-0.05, 0) is 94.9 Å². The number of alkyl carbamates (subject to hydrolysis) is 1. The van der Waals surface area contributed by atoms with Gasteiger partial charge in [-0.3, -0.25) is 23.9 Å². The average Bonchev–Trinajstić information content (AvgIpc) is 3.93. The number of nitrogens with one attached hydrogen (secondary N) is 3. The van der Waals surface area contributed by atoms with E-state index in [9.17, 15) is 32.4 Å². The Morgan fingerprint density at radius 2 is 1.80 bits per heavy atom. The topological polar surface area (TPSA) is 197 Å². The molecule has 3 heterocycles. The van der Waals surface area contributed by atoms with Gasteiger partial charge in [-0.15, -0.1) is 0 Å². The van der Waals surface area contributed by atoms with Gasteiger partial charge >= 0.3 is 6.09 Å². The zero-order valence-corrected chi connectivity index (χ0v) is 30.4. The molecular formula is C36H50N6O8S. The number of nitrogens with two attached hydrogens (primary N) is 1. The molecule has 2 aliphatic carbocycles. The molecule has 0 unspecified atom stereocenters. The predicted octanol–water partition coefficient (Wildman–Crippen LogP) is 2.62. The number of sulfonamides is 1. The summed E-state index contributed by atoms with van der Waals surface area (Å²) >= 11 is 0. The number of carbonyl (C=O) groups excluding carboxylic acids is 5. The number of amides is 5. The van der Waals surface area contributed by atoms with Crippen molar-refractivity contribution in [1.82, 2.24) is 25.2 Å². The lowest BCUT2D eigenvalue weighted by atomic mass is 10.00. The first kappa shape index (κ1) is 36.6. The molecule has 0 spiro atoms. The molecule has 0 aromatic heterocycles. The van der Waals surface area contributed by atoms with Gasteiger partial charge in [-0.1, -0.05) is 31.1 Å². The highest BCUT2D eigenvalue weighted by Crippen LogP contribution is 2.46. The van der Waals surface area contributed by atoms with Gasteiger partial charge in [-0.2, -0.15) is 0 Å². The van der Waals surface area contributed by atoms with Gasteiger partial charge in [0.1, 0.15) is 23.2 Å². The summed E-state index contributed by atoms with van der Waals surface area (Å²) in [7, 11) is -3.88. The molecule has 0 bridgehead atoms. The van der Waals surface area contributed by atoms with Crippen molar-refractivity contribution in [2.45, 2.75) is 127 Å². The van der Waals surface area contributed by atoms with Crippen LogP contribution in [0.1, 0.15) is 96.1 Å². The molecule has 5 atom stereocenters. The summed E-state index contributed by atoms with van der Waals surface area (Å²) in [6, 6.07) is 3.52. The van der Waals surface area contributed by atoms with Crippen LogP contribution in [0, 0.1) is 11.8 Å². The fourth-order valence-electron chi connectivity index (χ4n) is 7.45. The minimum atomic E-state index is -3.88. The summed E-state index contributed by atoms with van der Waals surface area (Å²) in [5.74, 6) is -2.80. The predicted molar refractivity (Wildman–Crippen MR) is 188 cm³/mol. The van der Waals surface area contributed by atoms with Crippen molar-refractivity contribution in [3.05, 3.63) is 41.5 Å². The third-order valence-corrected chi connectivity index (χ3v) is 12.2. The molecule has 0 radical (unpaired) electrons. The minimum Gasteiger partial charge on any atom is -0.444 e. The molecule has 3 fully saturated rings. The van der Waals surface area contributed by atoms with E-state index in [2.05, 4.69) is 15.4 Å². The molecule has 5 aliphatic rings. The van der Waals surface area contributed by atoms with E-state index < -0.39 is 68.2 Å². The number of hydrogen-bond donors (Lipinski definition) is 4. The molecule has 1 aromatic rings. The van der Waals surface area contributed by atoms with Gasteiger partial charge in [0.15, 0.2) is 0 Å². The molecule has 3 aliphatic heterocycles. The molecule has 1 saturated heterocycles. The van der Waals surface area contributed by atoms with E-state index in [0.717, 1.165) is 24.0 Å². The van der Waals surface area contributed by atoms with E-state index in [1.165, 1.54) is 4.90 Å². The number of fused-ring (bicyclic) bond motifs is 3. The highest BCUT2D eigenvalue weighted by molar-refractivity contribution is 7.91. The van der Waals surface area contributed by atoms with Crippen molar-refractivity contribution in [2.75, 3.05) is 12.3 Å². The zero-order chi connectivity index (χ0) is 36.7. The molecule has 1 aromatic carbocycles. The molecule has 5 amide bonds. The summed E-state index contributed by atoms with van der Waals surface area (Å²) < 4.78 is 33.2. The maximum Gasteiger partial charge on any atom is 0.408 e. The second-order valence-corrected chi connectivity index (χ2v) is 17.8. The molecule has 6 rings (SSSR count). The van der Waals surface area contributed by atoms with Gasteiger partial charge < -0.3 is 30.9 Å². The molecule has 2 saturated carbocycles. The summed E-state index contributed by atoms with van der Waals surface area (Å²) in [4.78, 5) is 71.9. The first-order valence-electron chi connectivity index (χ1n) is 18.0. The van der Waals surface area contributed by atoms with E-state index in [0.29, 0.717) is 50.9 Å². The Bertz CT molecular complexity index is 1720. The van der Waals surface area contributed by atoms with E-state index in [4.69, 9.17) is 10.5 Å². The van der Waals surface area contributed by atoms with Crippen LogP contribution in [0.25, 0.3) is 0 Å². The number of anilines is 1. The number of benzene rings is 1. The van der Waals surface area contributed by atoms with E-state index in [1.807, 2.05) is 24.3 Å². The molecule has 51 heavy (non-hydrogen) atoms. The van der Waals surface area contributed by atoms with Gasteiger partial charge in [0.05, 0.1) is 5.25 Å². The first-order valence-corrected chi connectivity index (χ1v) is 19.6. The van der Waals surface area contributed by atoms with Crippen molar-refractivity contribution in [3.8, 4) is 0 Å². The van der Waals surface area contributed by atoms with Crippen molar-refractivity contribution in [1.29, 1.82) is 0 Å². The van der Waals surface area contributed by atoms with Crippen LogP contribution in [-0.4, -0.2) is 83.0 Å². The van der Waals surface area contributed by atoms with Crippen molar-refractivity contribution in [3.63, 3.8) is 0 Å². The van der Waals surface area contributed by atoms with Crippen LogP contribution in [0.15, 0.2) is 30.4 Å². The molecular weight excluding hydrogens is 676 g/mol. The van der Waals surface area contributed by atoms with Gasteiger partial charge in [0.2, 0.25) is 27.7 Å². The Hall–Kier alpha value is -4.14. The van der Waals surface area contributed by atoms with E-state index in [-0.39, 0.29) is 37.6 Å². The van der Waals surface area contributed by atoms with Gasteiger partial charge in [0, 0.05) is 37.7 Å². The third-order valence-electron chi connectivity index (χ3n) is 10.4. The number of nitrogen functional groups attached to an aromatic ring is 1. The summed E-state index contributed by atoms with van der Waals surface area (Å²) in [6.45, 7) is 6.11. The lowest BCUT2D eigenvalue weighted by molar-refractivity contribution is -0.141. The van der Waals surface area contributed by atoms with Crippen LogP contribution in [0.2, 0.25) is 0 Å². The Labute approximate surface area is 299 Å². The summed E-state index contributed by atoms with van der Waals surface area (Å²) in [6.07, 6.45) is 7.63. The number of allylic oxidation sites excluding steroid dienone is 1. The van der Waals surface area contributed by atoms with Gasteiger partial charge in [0.25, 0.3) is 5.91 Å². The number of rotatable bonds is 6. The maximum atomic E-state index is 14.4. The number of hydrogen-bond acceptors (Lipinski definition) is 9. The Morgan fingerprint density at radius 1 is 1.06 bits per heavy atom. The van der Waals surface area contributed by atoms with Crippen LogP contribution in [0.3, 0.4) is 0 Å². The van der Waals surface area contributed by atoms with Crippen LogP contribution >= 0.6 is 0 Å². The normalized spacial score (nSPS) is 28.4. The number of ether oxygens (including phenoxy) is 1. The lowest BCUT2D eigenvalue weighted by Crippen LogP contribution is -2.58.